The number of hydrogen-bond donors (Lipinski definition) is 2. The largest absolute Gasteiger partial charge is 0.393 e. The Morgan fingerprint density at radius 1 is 1.26 bits per heavy atom. The average Bonchev–Trinajstić information content (AvgIpc) is 2.45. The van der Waals surface area contributed by atoms with Crippen molar-refractivity contribution in [2.24, 2.45) is 0 Å². The molecule has 0 aromatic heterocycles. The highest BCUT2D eigenvalue weighted by molar-refractivity contribution is 5.75. The van der Waals surface area contributed by atoms with Crippen LogP contribution in [0.15, 0.2) is 30.3 Å². The number of benzene rings is 1. The lowest BCUT2D eigenvalue weighted by atomic mass is 9.96. The van der Waals surface area contributed by atoms with E-state index in [0.29, 0.717) is 25.3 Å². The zero-order valence-corrected chi connectivity index (χ0v) is 11.9. The summed E-state index contributed by atoms with van der Waals surface area (Å²) >= 11 is 0. The fourth-order valence-electron chi connectivity index (χ4n) is 1.97. The van der Waals surface area contributed by atoms with Crippen molar-refractivity contribution < 1.29 is 9.90 Å². The Bertz CT molecular complexity index is 364. The molecular weight excluding hydrogens is 238 g/mol. The molecule has 2 atom stereocenters. The minimum Gasteiger partial charge on any atom is -0.393 e. The second-order valence-corrected chi connectivity index (χ2v) is 5.05. The summed E-state index contributed by atoms with van der Waals surface area (Å²) in [7, 11) is 0. The van der Waals surface area contributed by atoms with E-state index < -0.39 is 0 Å². The fourth-order valence-corrected chi connectivity index (χ4v) is 1.97. The Hall–Kier alpha value is -1.35. The first-order valence-electron chi connectivity index (χ1n) is 7.13. The molecule has 0 aliphatic carbocycles. The van der Waals surface area contributed by atoms with Gasteiger partial charge in [-0.2, -0.15) is 0 Å². The van der Waals surface area contributed by atoms with Crippen molar-refractivity contribution >= 4 is 5.91 Å². The first-order chi connectivity index (χ1) is 9.13. The van der Waals surface area contributed by atoms with Crippen molar-refractivity contribution in [2.75, 3.05) is 6.54 Å². The van der Waals surface area contributed by atoms with Gasteiger partial charge in [0.25, 0.3) is 0 Å². The molecule has 2 unspecified atom stereocenters. The highest BCUT2D eigenvalue weighted by Crippen LogP contribution is 2.19. The Labute approximate surface area is 116 Å². The van der Waals surface area contributed by atoms with Crippen LogP contribution in [-0.4, -0.2) is 23.7 Å². The van der Waals surface area contributed by atoms with Crippen molar-refractivity contribution in [1.29, 1.82) is 0 Å². The molecule has 19 heavy (non-hydrogen) atoms. The molecule has 0 fully saturated rings. The summed E-state index contributed by atoms with van der Waals surface area (Å²) in [6, 6.07) is 10.2. The average molecular weight is 263 g/mol. The van der Waals surface area contributed by atoms with Crippen molar-refractivity contribution in [2.45, 2.75) is 51.6 Å². The van der Waals surface area contributed by atoms with Crippen LogP contribution in [0, 0.1) is 0 Å². The second-order valence-electron chi connectivity index (χ2n) is 5.05. The first kappa shape index (κ1) is 15.7. The predicted molar refractivity (Wildman–Crippen MR) is 78.0 cm³/mol. The lowest BCUT2D eigenvalue weighted by Gasteiger charge is -2.12. The maximum absolute atomic E-state index is 11.7. The second kappa shape index (κ2) is 8.70. The molecule has 3 nitrogen and oxygen atoms in total. The summed E-state index contributed by atoms with van der Waals surface area (Å²) in [4.78, 5) is 11.7. The zero-order chi connectivity index (χ0) is 14.1. The van der Waals surface area contributed by atoms with Crippen LogP contribution in [0.4, 0.5) is 0 Å². The molecule has 0 saturated carbocycles. The van der Waals surface area contributed by atoms with Crippen LogP contribution in [0.5, 0.6) is 0 Å². The van der Waals surface area contributed by atoms with E-state index in [9.17, 15) is 9.90 Å². The minimum absolute atomic E-state index is 0.0751. The normalized spacial score (nSPS) is 13.8. The first-order valence-corrected chi connectivity index (χ1v) is 7.13. The van der Waals surface area contributed by atoms with Crippen molar-refractivity contribution in [3.8, 4) is 0 Å². The Kier molecular flexibility index (Phi) is 7.19. The van der Waals surface area contributed by atoms with Crippen LogP contribution < -0.4 is 5.32 Å². The molecule has 1 aromatic rings. The van der Waals surface area contributed by atoms with Crippen molar-refractivity contribution in [1.82, 2.24) is 5.32 Å². The van der Waals surface area contributed by atoms with E-state index in [1.54, 1.807) is 0 Å². The van der Waals surface area contributed by atoms with Crippen molar-refractivity contribution in [3.05, 3.63) is 35.9 Å². The van der Waals surface area contributed by atoms with Crippen LogP contribution in [0.2, 0.25) is 0 Å². The summed E-state index contributed by atoms with van der Waals surface area (Å²) in [5, 5.41) is 12.2. The van der Waals surface area contributed by atoms with Gasteiger partial charge in [0.2, 0.25) is 5.91 Å². The number of carbonyl (C=O) groups excluding carboxylic acids is 1. The number of nitrogens with one attached hydrogen (secondary N) is 1. The van der Waals surface area contributed by atoms with Gasteiger partial charge in [0.05, 0.1) is 6.10 Å². The lowest BCUT2D eigenvalue weighted by molar-refractivity contribution is -0.121. The van der Waals surface area contributed by atoms with Gasteiger partial charge < -0.3 is 10.4 Å². The third kappa shape index (κ3) is 6.39. The van der Waals surface area contributed by atoms with Crippen LogP contribution in [0.1, 0.15) is 51.0 Å². The number of hydrogen-bond acceptors (Lipinski definition) is 2. The zero-order valence-electron chi connectivity index (χ0n) is 11.9. The molecule has 1 amide bonds. The summed E-state index contributed by atoms with van der Waals surface area (Å²) in [5.41, 5.74) is 1.27. The smallest absolute Gasteiger partial charge is 0.220 e. The molecule has 0 bridgehead atoms. The van der Waals surface area contributed by atoms with Gasteiger partial charge in [0.1, 0.15) is 0 Å². The minimum atomic E-state index is -0.302. The van der Waals surface area contributed by atoms with Gasteiger partial charge in [-0.25, -0.2) is 0 Å². The van der Waals surface area contributed by atoms with Gasteiger partial charge in [-0.05, 0) is 30.7 Å². The van der Waals surface area contributed by atoms with E-state index in [4.69, 9.17) is 0 Å². The Morgan fingerprint density at radius 2 is 1.95 bits per heavy atom. The molecule has 3 heteroatoms. The number of aliphatic hydroxyl groups excluding tert-OH is 1. The van der Waals surface area contributed by atoms with E-state index in [0.717, 1.165) is 12.8 Å². The third-order valence-corrected chi connectivity index (χ3v) is 3.44. The van der Waals surface area contributed by atoms with Crippen LogP contribution in [0.25, 0.3) is 0 Å². The topological polar surface area (TPSA) is 49.3 Å². The number of carbonyl (C=O) groups is 1. The van der Waals surface area contributed by atoms with E-state index in [-0.39, 0.29) is 12.0 Å². The molecule has 0 aliphatic rings. The van der Waals surface area contributed by atoms with Gasteiger partial charge in [0, 0.05) is 13.0 Å². The highest BCUT2D eigenvalue weighted by atomic mass is 16.3. The number of rotatable bonds is 8. The monoisotopic (exact) mass is 263 g/mol. The van der Waals surface area contributed by atoms with Crippen LogP contribution in [0.3, 0.4) is 0 Å². The molecule has 0 saturated heterocycles. The standard InChI is InChI=1S/C16H25NO2/c1-3-15(18)11-12-17-16(19)10-9-13(2)14-7-5-4-6-8-14/h4-8,13,15,18H,3,9-12H2,1-2H3,(H,17,19). The molecule has 1 rings (SSSR count). The molecular formula is C16H25NO2. The summed E-state index contributed by atoms with van der Waals surface area (Å²) in [6.45, 7) is 4.64. The molecule has 0 spiro atoms. The predicted octanol–water partition coefficient (Wildman–Crippen LogP) is 2.85. The Morgan fingerprint density at radius 3 is 2.58 bits per heavy atom. The van der Waals surface area contributed by atoms with Gasteiger partial charge in [0.15, 0.2) is 0 Å². The van der Waals surface area contributed by atoms with E-state index in [2.05, 4.69) is 24.4 Å². The fraction of sp³-hybridized carbons (Fsp3) is 0.562. The quantitative estimate of drug-likeness (QED) is 0.757. The molecule has 0 heterocycles. The number of amides is 1. The van der Waals surface area contributed by atoms with Gasteiger partial charge in [-0.1, -0.05) is 44.2 Å². The molecule has 1 aromatic carbocycles. The van der Waals surface area contributed by atoms with Crippen LogP contribution >= 0.6 is 0 Å². The van der Waals surface area contributed by atoms with Gasteiger partial charge in [-0.3, -0.25) is 4.79 Å². The van der Waals surface area contributed by atoms with E-state index in [1.807, 2.05) is 25.1 Å². The molecule has 2 N–H and O–H groups in total. The van der Waals surface area contributed by atoms with Crippen molar-refractivity contribution in [3.63, 3.8) is 0 Å². The highest BCUT2D eigenvalue weighted by Gasteiger charge is 2.08. The van der Waals surface area contributed by atoms with E-state index in [1.165, 1.54) is 5.56 Å². The lowest BCUT2D eigenvalue weighted by Crippen LogP contribution is -2.27. The summed E-state index contributed by atoms with van der Waals surface area (Å²) in [5.74, 6) is 0.472. The third-order valence-electron chi connectivity index (χ3n) is 3.44. The maximum atomic E-state index is 11.7. The van der Waals surface area contributed by atoms with Gasteiger partial charge in [-0.15, -0.1) is 0 Å². The maximum Gasteiger partial charge on any atom is 0.220 e. The summed E-state index contributed by atoms with van der Waals surface area (Å²) < 4.78 is 0. The van der Waals surface area contributed by atoms with Crippen LogP contribution in [-0.2, 0) is 4.79 Å². The number of aliphatic hydroxyl groups is 1. The Balaban J connectivity index is 2.20. The molecule has 0 radical (unpaired) electrons. The SMILES string of the molecule is CCC(O)CCNC(=O)CCC(C)c1ccccc1. The molecule has 0 aliphatic heterocycles. The van der Waals surface area contributed by atoms with Gasteiger partial charge >= 0.3 is 0 Å². The van der Waals surface area contributed by atoms with E-state index >= 15 is 0 Å². The summed E-state index contributed by atoms with van der Waals surface area (Å²) in [6.07, 6.45) is 2.46. The molecule has 106 valence electrons.